The Morgan fingerprint density at radius 1 is 0.833 bits per heavy atom. The van der Waals surface area contributed by atoms with E-state index in [1.807, 2.05) is 50.2 Å². The van der Waals surface area contributed by atoms with E-state index in [2.05, 4.69) is 39.7 Å². The number of aryl methyl sites for hydroxylation is 3. The zero-order chi connectivity index (χ0) is 17.1. The summed E-state index contributed by atoms with van der Waals surface area (Å²) in [4.78, 5) is 8.97. The Bertz CT molecular complexity index is 877. The zero-order valence-corrected chi connectivity index (χ0v) is 14.6. The third-order valence-electron chi connectivity index (χ3n) is 3.57. The molecule has 24 heavy (non-hydrogen) atoms. The molecule has 1 heterocycles. The molecule has 0 aliphatic rings. The summed E-state index contributed by atoms with van der Waals surface area (Å²) in [6, 6.07) is 15.8. The minimum atomic E-state index is 0.557. The van der Waals surface area contributed by atoms with Crippen LogP contribution in [0.1, 0.15) is 16.8 Å². The molecule has 3 rings (SSSR count). The Balaban J connectivity index is 1.84. The first-order valence-corrected chi connectivity index (χ1v) is 8.10. The Morgan fingerprint density at radius 2 is 1.62 bits per heavy atom. The van der Waals surface area contributed by atoms with Gasteiger partial charge in [0.05, 0.1) is 0 Å². The van der Waals surface area contributed by atoms with Gasteiger partial charge in [-0.2, -0.15) is 4.98 Å². The van der Waals surface area contributed by atoms with Gasteiger partial charge in [0.1, 0.15) is 5.82 Å². The van der Waals surface area contributed by atoms with Crippen molar-refractivity contribution >= 4 is 34.7 Å². The van der Waals surface area contributed by atoms with Crippen LogP contribution in [0.2, 0.25) is 5.02 Å². The maximum absolute atomic E-state index is 6.18. The van der Waals surface area contributed by atoms with Crippen molar-refractivity contribution in [3.8, 4) is 0 Å². The van der Waals surface area contributed by atoms with E-state index in [1.54, 1.807) is 0 Å². The number of hydrogen-bond acceptors (Lipinski definition) is 4. The van der Waals surface area contributed by atoms with E-state index in [9.17, 15) is 0 Å². The normalized spacial score (nSPS) is 10.5. The summed E-state index contributed by atoms with van der Waals surface area (Å²) in [7, 11) is 0. The van der Waals surface area contributed by atoms with Crippen LogP contribution in [-0.4, -0.2) is 9.97 Å². The summed E-state index contributed by atoms with van der Waals surface area (Å²) in [6.07, 6.45) is 0. The molecule has 2 N–H and O–H groups in total. The van der Waals surface area contributed by atoms with Crippen molar-refractivity contribution in [1.82, 2.24) is 9.97 Å². The van der Waals surface area contributed by atoms with Crippen LogP contribution in [0, 0.1) is 20.8 Å². The van der Waals surface area contributed by atoms with Crippen LogP contribution >= 0.6 is 11.6 Å². The van der Waals surface area contributed by atoms with Gasteiger partial charge in [0.2, 0.25) is 5.95 Å². The van der Waals surface area contributed by atoms with E-state index in [0.717, 1.165) is 33.5 Å². The van der Waals surface area contributed by atoms with Gasteiger partial charge in [0, 0.05) is 28.2 Å². The molecule has 0 aliphatic carbocycles. The van der Waals surface area contributed by atoms with Gasteiger partial charge in [-0.15, -0.1) is 0 Å². The molecular weight excluding hydrogens is 320 g/mol. The number of halogens is 1. The van der Waals surface area contributed by atoms with Crippen LogP contribution in [-0.2, 0) is 0 Å². The average molecular weight is 339 g/mol. The fourth-order valence-electron chi connectivity index (χ4n) is 2.36. The van der Waals surface area contributed by atoms with Gasteiger partial charge in [0.15, 0.2) is 0 Å². The zero-order valence-electron chi connectivity index (χ0n) is 13.9. The molecule has 1 aromatic heterocycles. The first kappa shape index (κ1) is 16.3. The van der Waals surface area contributed by atoms with Crippen molar-refractivity contribution in [1.29, 1.82) is 0 Å². The van der Waals surface area contributed by atoms with Crippen LogP contribution in [0.15, 0.2) is 48.5 Å². The van der Waals surface area contributed by atoms with Crippen LogP contribution in [0.25, 0.3) is 0 Å². The highest BCUT2D eigenvalue weighted by Gasteiger charge is 2.05. The lowest BCUT2D eigenvalue weighted by atomic mass is 10.2. The van der Waals surface area contributed by atoms with Crippen molar-refractivity contribution in [2.24, 2.45) is 0 Å². The maximum Gasteiger partial charge on any atom is 0.229 e. The van der Waals surface area contributed by atoms with Crippen LogP contribution in [0.5, 0.6) is 0 Å². The molecule has 0 fully saturated rings. The molecule has 0 bridgehead atoms. The van der Waals surface area contributed by atoms with Crippen LogP contribution in [0.4, 0.5) is 23.1 Å². The lowest BCUT2D eigenvalue weighted by Gasteiger charge is -2.11. The van der Waals surface area contributed by atoms with Crippen LogP contribution in [0.3, 0.4) is 0 Å². The van der Waals surface area contributed by atoms with Gasteiger partial charge in [0.25, 0.3) is 0 Å². The third-order valence-corrected chi connectivity index (χ3v) is 3.98. The lowest BCUT2D eigenvalue weighted by Crippen LogP contribution is -2.02. The first-order valence-electron chi connectivity index (χ1n) is 7.72. The second kappa shape index (κ2) is 6.89. The van der Waals surface area contributed by atoms with E-state index in [0.29, 0.717) is 5.95 Å². The molecule has 122 valence electrons. The van der Waals surface area contributed by atoms with Crippen molar-refractivity contribution in [2.75, 3.05) is 10.6 Å². The standard InChI is InChI=1S/C19H19ClN4/c1-12-5-4-6-15(9-12)23-19-21-14(3)10-18(24-19)22-16-8-7-13(2)17(20)11-16/h4-11H,1-3H3,(H2,21,22,23,24). The number of hydrogen-bond donors (Lipinski definition) is 2. The van der Waals surface area contributed by atoms with Gasteiger partial charge in [-0.3, -0.25) is 0 Å². The van der Waals surface area contributed by atoms with E-state index >= 15 is 0 Å². The molecule has 0 spiro atoms. The minimum Gasteiger partial charge on any atom is -0.340 e. The largest absolute Gasteiger partial charge is 0.340 e. The molecule has 0 unspecified atom stereocenters. The number of aromatic nitrogens is 2. The summed E-state index contributed by atoms with van der Waals surface area (Å²) < 4.78 is 0. The Hall–Kier alpha value is -2.59. The topological polar surface area (TPSA) is 49.8 Å². The summed E-state index contributed by atoms with van der Waals surface area (Å²) in [5.74, 6) is 1.28. The number of anilines is 4. The molecule has 4 nitrogen and oxygen atoms in total. The van der Waals surface area contributed by atoms with Gasteiger partial charge < -0.3 is 10.6 Å². The fraction of sp³-hybridized carbons (Fsp3) is 0.158. The van der Waals surface area contributed by atoms with Crippen molar-refractivity contribution in [2.45, 2.75) is 20.8 Å². The molecule has 5 heteroatoms. The van der Waals surface area contributed by atoms with Crippen molar-refractivity contribution in [3.05, 3.63) is 70.4 Å². The molecular formula is C19H19ClN4. The van der Waals surface area contributed by atoms with Gasteiger partial charge >= 0.3 is 0 Å². The van der Waals surface area contributed by atoms with E-state index in [4.69, 9.17) is 11.6 Å². The monoisotopic (exact) mass is 338 g/mol. The van der Waals surface area contributed by atoms with E-state index in [1.165, 1.54) is 5.56 Å². The Morgan fingerprint density at radius 3 is 2.38 bits per heavy atom. The number of nitrogens with zero attached hydrogens (tertiary/aromatic N) is 2. The first-order chi connectivity index (χ1) is 11.5. The maximum atomic E-state index is 6.18. The number of nitrogens with one attached hydrogen (secondary N) is 2. The van der Waals surface area contributed by atoms with E-state index < -0.39 is 0 Å². The summed E-state index contributed by atoms with van der Waals surface area (Å²) in [5, 5.41) is 7.24. The highest BCUT2D eigenvalue weighted by Crippen LogP contribution is 2.24. The second-order valence-corrected chi connectivity index (χ2v) is 6.21. The molecule has 0 radical (unpaired) electrons. The molecule has 0 amide bonds. The second-order valence-electron chi connectivity index (χ2n) is 5.80. The Kier molecular flexibility index (Phi) is 4.67. The molecule has 3 aromatic rings. The quantitative estimate of drug-likeness (QED) is 0.655. The third kappa shape index (κ3) is 4.03. The summed E-state index contributed by atoms with van der Waals surface area (Å²) in [6.45, 7) is 5.97. The summed E-state index contributed by atoms with van der Waals surface area (Å²) >= 11 is 6.18. The number of rotatable bonds is 4. The molecule has 0 aliphatic heterocycles. The van der Waals surface area contributed by atoms with Crippen LogP contribution < -0.4 is 10.6 Å². The fourth-order valence-corrected chi connectivity index (χ4v) is 2.54. The molecule has 0 saturated heterocycles. The molecule has 2 aromatic carbocycles. The van der Waals surface area contributed by atoms with Gasteiger partial charge in [-0.25, -0.2) is 4.98 Å². The van der Waals surface area contributed by atoms with E-state index in [-0.39, 0.29) is 0 Å². The smallest absolute Gasteiger partial charge is 0.229 e. The molecule has 0 atom stereocenters. The highest BCUT2D eigenvalue weighted by atomic mass is 35.5. The Labute approximate surface area is 146 Å². The molecule has 0 saturated carbocycles. The highest BCUT2D eigenvalue weighted by molar-refractivity contribution is 6.31. The predicted octanol–water partition coefficient (Wildman–Crippen LogP) is 5.54. The minimum absolute atomic E-state index is 0.557. The summed E-state index contributed by atoms with van der Waals surface area (Å²) in [5.41, 5.74) is 4.96. The van der Waals surface area contributed by atoms with Gasteiger partial charge in [-0.1, -0.05) is 29.8 Å². The lowest BCUT2D eigenvalue weighted by molar-refractivity contribution is 1.11. The van der Waals surface area contributed by atoms with Crippen molar-refractivity contribution < 1.29 is 0 Å². The van der Waals surface area contributed by atoms with Gasteiger partial charge in [-0.05, 0) is 56.2 Å². The average Bonchev–Trinajstić information content (AvgIpc) is 2.50. The number of benzene rings is 2. The van der Waals surface area contributed by atoms with Crippen molar-refractivity contribution in [3.63, 3.8) is 0 Å². The predicted molar refractivity (Wildman–Crippen MR) is 101 cm³/mol. The SMILES string of the molecule is Cc1cccc(Nc2nc(C)cc(Nc3ccc(C)c(Cl)c3)n2)c1.